The highest BCUT2D eigenvalue weighted by atomic mass is 79.9. The van der Waals surface area contributed by atoms with Gasteiger partial charge in [0.15, 0.2) is 0 Å². The second-order valence-electron chi connectivity index (χ2n) is 4.07. The number of halogens is 2. The Kier molecular flexibility index (Phi) is 3.22. The highest BCUT2D eigenvalue weighted by molar-refractivity contribution is 9.10. The van der Waals surface area contributed by atoms with E-state index in [1.165, 1.54) is 18.4 Å². The molecule has 0 aliphatic heterocycles. The molecule has 0 bridgehead atoms. The molecule has 2 heteroatoms. The molecule has 0 N–H and O–H groups in total. The van der Waals surface area contributed by atoms with Crippen LogP contribution in [-0.2, 0) is 0 Å². The van der Waals surface area contributed by atoms with Crippen molar-refractivity contribution < 1.29 is 4.39 Å². The summed E-state index contributed by atoms with van der Waals surface area (Å²) in [6, 6.07) is 8.46. The van der Waals surface area contributed by atoms with Crippen LogP contribution in [0.2, 0.25) is 0 Å². The zero-order valence-corrected chi connectivity index (χ0v) is 9.63. The van der Waals surface area contributed by atoms with Crippen molar-refractivity contribution in [3.05, 3.63) is 34.3 Å². The maximum absolute atomic E-state index is 12.1. The van der Waals surface area contributed by atoms with Gasteiger partial charge in [-0.2, -0.15) is 0 Å². The first-order valence-corrected chi connectivity index (χ1v) is 5.90. The highest BCUT2D eigenvalue weighted by Gasteiger charge is 2.29. The van der Waals surface area contributed by atoms with Crippen LogP contribution in [0, 0.1) is 5.92 Å². The summed E-state index contributed by atoms with van der Waals surface area (Å²) in [7, 11) is 0. The Balaban J connectivity index is 1.93. The molecule has 76 valence electrons. The molecule has 0 amide bonds. The molecule has 0 nitrogen and oxygen atoms in total. The van der Waals surface area contributed by atoms with Crippen LogP contribution < -0.4 is 0 Å². The fourth-order valence-electron chi connectivity index (χ4n) is 2.16. The molecule has 0 saturated heterocycles. The lowest BCUT2D eigenvalue weighted by atomic mass is 9.70. The average Bonchev–Trinajstić information content (AvgIpc) is 2.10. The average molecular weight is 257 g/mol. The molecule has 0 heterocycles. The van der Waals surface area contributed by atoms with E-state index >= 15 is 0 Å². The minimum absolute atomic E-state index is 0.157. The molecular formula is C12H14BrF. The molecule has 0 spiro atoms. The molecule has 1 aromatic carbocycles. The Morgan fingerprint density at radius 2 is 2.14 bits per heavy atom. The molecular weight excluding hydrogens is 243 g/mol. The van der Waals surface area contributed by atoms with Gasteiger partial charge in [-0.15, -0.1) is 0 Å². The van der Waals surface area contributed by atoms with Crippen molar-refractivity contribution in [3.8, 4) is 0 Å². The summed E-state index contributed by atoms with van der Waals surface area (Å²) < 4.78 is 13.2. The van der Waals surface area contributed by atoms with Crippen LogP contribution in [0.5, 0.6) is 0 Å². The first kappa shape index (κ1) is 10.2. The van der Waals surface area contributed by atoms with Gasteiger partial charge in [0.25, 0.3) is 0 Å². The normalized spacial score (nSPS) is 25.9. The van der Waals surface area contributed by atoms with Crippen LogP contribution >= 0.6 is 15.9 Å². The number of alkyl halides is 1. The smallest absolute Gasteiger partial charge is 0.0897 e. The van der Waals surface area contributed by atoms with Crippen molar-refractivity contribution in [3.63, 3.8) is 0 Å². The van der Waals surface area contributed by atoms with E-state index in [9.17, 15) is 4.39 Å². The lowest BCUT2D eigenvalue weighted by Crippen LogP contribution is -2.22. The molecule has 1 fully saturated rings. The van der Waals surface area contributed by atoms with Gasteiger partial charge >= 0.3 is 0 Å². The lowest BCUT2D eigenvalue weighted by Gasteiger charge is -2.35. The summed E-state index contributed by atoms with van der Waals surface area (Å²) in [6.45, 7) is -0.157. The zero-order chi connectivity index (χ0) is 9.97. The number of benzene rings is 1. The molecule has 0 atom stereocenters. The van der Waals surface area contributed by atoms with Crippen LogP contribution in [-0.4, -0.2) is 6.67 Å². The van der Waals surface area contributed by atoms with Gasteiger partial charge in [0.2, 0.25) is 0 Å². The van der Waals surface area contributed by atoms with Gasteiger partial charge in [0.05, 0.1) is 6.67 Å². The van der Waals surface area contributed by atoms with Crippen molar-refractivity contribution in [1.29, 1.82) is 0 Å². The summed E-state index contributed by atoms with van der Waals surface area (Å²) in [5, 5.41) is 0. The molecule has 1 saturated carbocycles. The monoisotopic (exact) mass is 256 g/mol. The van der Waals surface area contributed by atoms with E-state index < -0.39 is 0 Å². The summed E-state index contributed by atoms with van der Waals surface area (Å²) in [4.78, 5) is 0. The molecule has 14 heavy (non-hydrogen) atoms. The third-order valence-corrected chi connectivity index (χ3v) is 3.57. The predicted octanol–water partition coefficient (Wildman–Crippen LogP) is 4.30. The van der Waals surface area contributed by atoms with Crippen molar-refractivity contribution in [2.24, 2.45) is 5.92 Å². The third kappa shape index (κ3) is 2.17. The van der Waals surface area contributed by atoms with E-state index in [1.54, 1.807) is 0 Å². The van der Waals surface area contributed by atoms with E-state index in [0.717, 1.165) is 10.9 Å². The van der Waals surface area contributed by atoms with Crippen molar-refractivity contribution in [2.45, 2.75) is 25.2 Å². The van der Waals surface area contributed by atoms with Crippen molar-refractivity contribution in [2.75, 3.05) is 6.67 Å². The lowest BCUT2D eigenvalue weighted by molar-refractivity contribution is 0.227. The van der Waals surface area contributed by atoms with Gasteiger partial charge in [-0.3, -0.25) is 4.39 Å². The van der Waals surface area contributed by atoms with E-state index in [0.29, 0.717) is 11.8 Å². The number of hydrogen-bond acceptors (Lipinski definition) is 0. The van der Waals surface area contributed by atoms with Gasteiger partial charge < -0.3 is 0 Å². The summed E-state index contributed by atoms with van der Waals surface area (Å²) in [5.41, 5.74) is 1.40. The van der Waals surface area contributed by atoms with E-state index in [-0.39, 0.29) is 6.67 Å². The number of rotatable bonds is 3. The molecule has 0 aromatic heterocycles. The van der Waals surface area contributed by atoms with Crippen molar-refractivity contribution >= 4 is 15.9 Å². The van der Waals surface area contributed by atoms with Gasteiger partial charge in [-0.1, -0.05) is 28.1 Å². The van der Waals surface area contributed by atoms with E-state index in [2.05, 4.69) is 34.1 Å². The van der Waals surface area contributed by atoms with Crippen LogP contribution in [0.25, 0.3) is 0 Å². The SMILES string of the molecule is FCCC1CC(c2cccc(Br)c2)C1. The predicted molar refractivity (Wildman–Crippen MR) is 60.2 cm³/mol. The van der Waals surface area contributed by atoms with Gasteiger partial charge in [0, 0.05) is 4.47 Å². The Morgan fingerprint density at radius 1 is 1.36 bits per heavy atom. The van der Waals surface area contributed by atoms with Gasteiger partial charge in [0.1, 0.15) is 0 Å². The zero-order valence-electron chi connectivity index (χ0n) is 8.05. The first-order valence-electron chi connectivity index (χ1n) is 5.11. The fraction of sp³-hybridized carbons (Fsp3) is 0.500. The third-order valence-electron chi connectivity index (χ3n) is 3.07. The summed E-state index contributed by atoms with van der Waals surface area (Å²) in [5.74, 6) is 1.30. The molecule has 1 aromatic rings. The maximum atomic E-state index is 12.1. The van der Waals surface area contributed by atoms with Crippen LogP contribution in [0.15, 0.2) is 28.7 Å². The Morgan fingerprint density at radius 3 is 2.79 bits per heavy atom. The Hall–Kier alpha value is -0.370. The van der Waals surface area contributed by atoms with Gasteiger partial charge in [-0.25, -0.2) is 0 Å². The molecule has 2 rings (SSSR count). The molecule has 0 unspecified atom stereocenters. The second-order valence-corrected chi connectivity index (χ2v) is 4.98. The van der Waals surface area contributed by atoms with Crippen molar-refractivity contribution in [1.82, 2.24) is 0 Å². The van der Waals surface area contributed by atoms with E-state index in [4.69, 9.17) is 0 Å². The standard InChI is InChI=1S/C12H14BrF/c13-12-3-1-2-10(8-12)11-6-9(7-11)4-5-14/h1-3,8-9,11H,4-7H2. The Labute approximate surface area is 92.6 Å². The second kappa shape index (κ2) is 4.43. The molecule has 1 aliphatic rings. The Bertz CT molecular complexity index is 305. The minimum Gasteiger partial charge on any atom is -0.251 e. The fourth-order valence-corrected chi connectivity index (χ4v) is 2.58. The van der Waals surface area contributed by atoms with Crippen LogP contribution in [0.4, 0.5) is 4.39 Å². The van der Waals surface area contributed by atoms with Crippen LogP contribution in [0.3, 0.4) is 0 Å². The minimum atomic E-state index is -0.157. The first-order chi connectivity index (χ1) is 6.79. The number of hydrogen-bond donors (Lipinski definition) is 0. The quantitative estimate of drug-likeness (QED) is 0.757. The maximum Gasteiger partial charge on any atom is 0.0897 e. The summed E-state index contributed by atoms with van der Waals surface area (Å²) >= 11 is 3.47. The summed E-state index contributed by atoms with van der Waals surface area (Å²) in [6.07, 6.45) is 3.09. The van der Waals surface area contributed by atoms with Crippen LogP contribution in [0.1, 0.15) is 30.7 Å². The van der Waals surface area contributed by atoms with E-state index in [1.807, 2.05) is 6.07 Å². The largest absolute Gasteiger partial charge is 0.251 e. The topological polar surface area (TPSA) is 0 Å². The highest BCUT2D eigenvalue weighted by Crippen LogP contribution is 2.43. The van der Waals surface area contributed by atoms with Gasteiger partial charge in [-0.05, 0) is 48.8 Å². The molecule has 1 aliphatic carbocycles. The molecule has 0 radical (unpaired) electrons.